The van der Waals surface area contributed by atoms with Gasteiger partial charge < -0.3 is 9.72 Å². The zero-order chi connectivity index (χ0) is 21.2. The van der Waals surface area contributed by atoms with E-state index in [1.807, 2.05) is 18.2 Å². The van der Waals surface area contributed by atoms with Crippen LogP contribution in [0.5, 0.6) is 5.75 Å². The van der Waals surface area contributed by atoms with Gasteiger partial charge in [0.1, 0.15) is 5.75 Å². The number of nitrogens with one attached hydrogen (secondary N) is 1. The van der Waals surface area contributed by atoms with Crippen LogP contribution < -0.4 is 10.4 Å². The fourth-order valence-electron chi connectivity index (χ4n) is 6.93. The second-order valence-electron chi connectivity index (χ2n) is 9.75. The molecule has 3 aliphatic carbocycles. The second-order valence-corrected chi connectivity index (χ2v) is 9.75. The van der Waals surface area contributed by atoms with E-state index in [-0.39, 0.29) is 11.1 Å². The molecule has 31 heavy (non-hydrogen) atoms. The maximum absolute atomic E-state index is 12.6. The smallest absolute Gasteiger partial charge is 0.345 e. The van der Waals surface area contributed by atoms with Gasteiger partial charge in [0.25, 0.3) is 0 Å². The van der Waals surface area contributed by atoms with Crippen LogP contribution in [0, 0.1) is 11.8 Å². The van der Waals surface area contributed by atoms with E-state index in [2.05, 4.69) is 47.2 Å². The van der Waals surface area contributed by atoms with E-state index < -0.39 is 0 Å². The van der Waals surface area contributed by atoms with E-state index in [1.54, 1.807) is 7.11 Å². The first kappa shape index (κ1) is 18.9. The first-order valence-electron chi connectivity index (χ1n) is 11.4. The Balaban J connectivity index is 1.43. The van der Waals surface area contributed by atoms with Gasteiger partial charge in [0.05, 0.1) is 12.8 Å². The maximum atomic E-state index is 12.6. The molecular formula is C27H28N2O2. The Kier molecular flexibility index (Phi) is 4.14. The highest BCUT2D eigenvalue weighted by atomic mass is 16.5. The Bertz CT molecular complexity index is 1220. The van der Waals surface area contributed by atoms with Crippen LogP contribution in [-0.2, 0) is 18.3 Å². The number of hydrogen-bond acceptors (Lipinski definition) is 3. The number of methoxy groups -OCH3 is 1. The molecule has 0 amide bonds. The van der Waals surface area contributed by atoms with Gasteiger partial charge >= 0.3 is 5.69 Å². The minimum atomic E-state index is -0.220. The Hall–Kier alpha value is -2.88. The number of aromatic amines is 1. The standard InChI is InChI=1S/C27H28N2O2/c1-27-13-12-20-19-11-9-18(31-2)14-17(19)8-10-21(20)23(27)15-22-24(16-6-4-3-5-7-16)28-26(30)29-25(22)27/h3-7,9,11,14,20-21,23H,8,10,12-13,15H2,1-2H3,(H,28,29,30)/t20-,21-,23+,27+/m1/s1. The monoisotopic (exact) mass is 412 g/mol. The quantitative estimate of drug-likeness (QED) is 0.643. The molecule has 1 N–H and O–H groups in total. The predicted molar refractivity (Wildman–Crippen MR) is 122 cm³/mol. The van der Waals surface area contributed by atoms with Crippen molar-refractivity contribution in [3.05, 3.63) is 81.4 Å². The van der Waals surface area contributed by atoms with Crippen molar-refractivity contribution in [2.24, 2.45) is 11.8 Å². The molecule has 1 fully saturated rings. The summed E-state index contributed by atoms with van der Waals surface area (Å²) in [5.74, 6) is 2.74. The predicted octanol–water partition coefficient (Wildman–Crippen LogP) is 5.02. The van der Waals surface area contributed by atoms with Gasteiger partial charge in [-0.2, -0.15) is 4.98 Å². The lowest BCUT2D eigenvalue weighted by atomic mass is 9.55. The number of hydrogen-bond donors (Lipinski definition) is 1. The van der Waals surface area contributed by atoms with Gasteiger partial charge in [-0.15, -0.1) is 0 Å². The van der Waals surface area contributed by atoms with Crippen molar-refractivity contribution < 1.29 is 4.74 Å². The molecule has 1 saturated carbocycles. The molecule has 4 atom stereocenters. The lowest BCUT2D eigenvalue weighted by Gasteiger charge is -2.49. The van der Waals surface area contributed by atoms with Crippen LogP contribution >= 0.6 is 0 Å². The molecule has 1 aromatic heterocycles. The maximum Gasteiger partial charge on any atom is 0.345 e. The molecule has 3 aliphatic rings. The second kappa shape index (κ2) is 6.81. The van der Waals surface area contributed by atoms with Crippen LogP contribution in [0.3, 0.4) is 0 Å². The molecule has 0 unspecified atom stereocenters. The Morgan fingerprint density at radius 3 is 2.77 bits per heavy atom. The molecule has 0 bridgehead atoms. The van der Waals surface area contributed by atoms with Crippen molar-refractivity contribution >= 4 is 0 Å². The molecule has 2 aromatic carbocycles. The minimum absolute atomic E-state index is 0.0199. The Morgan fingerprint density at radius 2 is 1.97 bits per heavy atom. The highest BCUT2D eigenvalue weighted by Gasteiger charge is 2.54. The third-order valence-electron chi connectivity index (χ3n) is 8.40. The summed E-state index contributed by atoms with van der Waals surface area (Å²) in [6.07, 6.45) is 5.59. The largest absolute Gasteiger partial charge is 0.497 e. The number of nitrogens with zero attached hydrogens (tertiary/aromatic N) is 1. The van der Waals surface area contributed by atoms with Gasteiger partial charge in [0.2, 0.25) is 0 Å². The van der Waals surface area contributed by atoms with Crippen molar-refractivity contribution in [2.75, 3.05) is 7.11 Å². The van der Waals surface area contributed by atoms with Crippen LogP contribution in [0.2, 0.25) is 0 Å². The summed E-state index contributed by atoms with van der Waals surface area (Å²) in [6.45, 7) is 2.38. The summed E-state index contributed by atoms with van der Waals surface area (Å²) >= 11 is 0. The SMILES string of the molecule is COc1ccc2c(c1)CC[C@@H]1[C@@H]2CC[C@]2(C)c3[nH]c(=O)nc(-c4ccccc4)c3C[C@@H]12. The number of rotatable bonds is 2. The van der Waals surface area contributed by atoms with Gasteiger partial charge in [-0.3, -0.25) is 0 Å². The van der Waals surface area contributed by atoms with Gasteiger partial charge in [-0.1, -0.05) is 43.3 Å². The summed E-state index contributed by atoms with van der Waals surface area (Å²) in [7, 11) is 1.74. The van der Waals surface area contributed by atoms with E-state index in [4.69, 9.17) is 4.74 Å². The molecule has 1 heterocycles. The molecule has 0 saturated heterocycles. The fraction of sp³-hybridized carbons (Fsp3) is 0.407. The fourth-order valence-corrected chi connectivity index (χ4v) is 6.93. The third kappa shape index (κ3) is 2.73. The number of fused-ring (bicyclic) bond motifs is 7. The van der Waals surface area contributed by atoms with Gasteiger partial charge in [-0.05, 0) is 78.7 Å². The minimum Gasteiger partial charge on any atom is -0.497 e. The number of H-pyrrole nitrogens is 1. The molecule has 158 valence electrons. The summed E-state index contributed by atoms with van der Waals surface area (Å²) in [4.78, 5) is 20.2. The van der Waals surface area contributed by atoms with Crippen molar-refractivity contribution in [3.8, 4) is 17.0 Å². The van der Waals surface area contributed by atoms with E-state index in [9.17, 15) is 4.79 Å². The number of ether oxygens (including phenoxy) is 1. The number of aromatic nitrogens is 2. The first-order chi connectivity index (χ1) is 15.1. The van der Waals surface area contributed by atoms with Crippen molar-refractivity contribution in [1.29, 1.82) is 0 Å². The molecule has 0 radical (unpaired) electrons. The molecule has 4 heteroatoms. The van der Waals surface area contributed by atoms with Crippen molar-refractivity contribution in [1.82, 2.24) is 9.97 Å². The molecule has 0 spiro atoms. The average molecular weight is 413 g/mol. The Labute approximate surface area is 182 Å². The number of aryl methyl sites for hydroxylation is 1. The average Bonchev–Trinajstić information content (AvgIpc) is 3.11. The van der Waals surface area contributed by atoms with E-state index in [0.29, 0.717) is 17.8 Å². The molecule has 3 aromatic rings. The first-order valence-corrected chi connectivity index (χ1v) is 11.4. The lowest BCUT2D eigenvalue weighted by molar-refractivity contribution is 0.104. The normalized spacial score (nSPS) is 28.3. The van der Waals surface area contributed by atoms with Crippen LogP contribution in [0.25, 0.3) is 11.3 Å². The van der Waals surface area contributed by atoms with Crippen molar-refractivity contribution in [2.45, 2.75) is 50.4 Å². The van der Waals surface area contributed by atoms with Crippen molar-refractivity contribution in [3.63, 3.8) is 0 Å². The highest BCUT2D eigenvalue weighted by molar-refractivity contribution is 5.65. The number of benzene rings is 2. The zero-order valence-corrected chi connectivity index (χ0v) is 18.2. The highest BCUT2D eigenvalue weighted by Crippen LogP contribution is 2.60. The van der Waals surface area contributed by atoms with Gasteiger partial charge in [-0.25, -0.2) is 4.79 Å². The van der Waals surface area contributed by atoms with E-state index in [1.165, 1.54) is 29.5 Å². The zero-order valence-electron chi connectivity index (χ0n) is 18.2. The summed E-state index contributed by atoms with van der Waals surface area (Å²) in [5.41, 5.74) is 7.12. The topological polar surface area (TPSA) is 55.0 Å². The van der Waals surface area contributed by atoms with Gasteiger partial charge in [0.15, 0.2) is 0 Å². The lowest BCUT2D eigenvalue weighted by Crippen LogP contribution is -2.43. The van der Waals surface area contributed by atoms with Crippen LogP contribution in [0.4, 0.5) is 0 Å². The van der Waals surface area contributed by atoms with E-state index in [0.717, 1.165) is 42.0 Å². The van der Waals surface area contributed by atoms with Crippen LogP contribution in [-0.4, -0.2) is 17.1 Å². The molecule has 6 rings (SSSR count). The third-order valence-corrected chi connectivity index (χ3v) is 8.40. The van der Waals surface area contributed by atoms with Gasteiger partial charge in [0, 0.05) is 16.7 Å². The molecule has 0 aliphatic heterocycles. The summed E-state index contributed by atoms with van der Waals surface area (Å²) in [5, 5.41) is 0. The Morgan fingerprint density at radius 1 is 1.13 bits per heavy atom. The van der Waals surface area contributed by atoms with Crippen LogP contribution in [0.15, 0.2) is 53.3 Å². The van der Waals surface area contributed by atoms with Crippen LogP contribution in [0.1, 0.15) is 54.5 Å². The van der Waals surface area contributed by atoms with E-state index >= 15 is 0 Å². The summed E-state index contributed by atoms with van der Waals surface area (Å²) in [6, 6.07) is 16.9. The molecule has 4 nitrogen and oxygen atoms in total. The molecular weight excluding hydrogens is 384 g/mol. The summed E-state index contributed by atoms with van der Waals surface area (Å²) < 4.78 is 5.47.